The van der Waals surface area contributed by atoms with Gasteiger partial charge < -0.3 is 9.30 Å². The van der Waals surface area contributed by atoms with Crippen LogP contribution in [-0.4, -0.2) is 38.8 Å². The summed E-state index contributed by atoms with van der Waals surface area (Å²) in [5, 5.41) is 1.90. The number of nitrogens with zero attached hydrogens (tertiary/aromatic N) is 3. The Hall–Kier alpha value is -1.11. The van der Waals surface area contributed by atoms with Gasteiger partial charge in [-0.2, -0.15) is 0 Å². The van der Waals surface area contributed by atoms with Gasteiger partial charge in [-0.05, 0) is 60.4 Å². The van der Waals surface area contributed by atoms with Gasteiger partial charge in [0.1, 0.15) is 5.75 Å². The van der Waals surface area contributed by atoms with Gasteiger partial charge in [0.15, 0.2) is 5.16 Å². The van der Waals surface area contributed by atoms with E-state index in [1.54, 1.807) is 0 Å². The first-order valence-corrected chi connectivity index (χ1v) is 10.7. The van der Waals surface area contributed by atoms with Crippen LogP contribution in [0.4, 0.5) is 0 Å². The normalized spacial score (nSPS) is 28.1. The SMILES string of the molecule is Cn1ccnc1SC1C[C@@H]2CN(Sc3ccc4c(c3)CCO4)C[C@@H]2C1. The predicted molar refractivity (Wildman–Crippen MR) is 102 cm³/mol. The predicted octanol–water partition coefficient (Wildman–Crippen LogP) is 3.86. The summed E-state index contributed by atoms with van der Waals surface area (Å²) in [5.74, 6) is 2.78. The Morgan fingerprint density at radius 1 is 1.20 bits per heavy atom. The van der Waals surface area contributed by atoms with E-state index in [9.17, 15) is 0 Å². The Kier molecular flexibility index (Phi) is 4.22. The Balaban J connectivity index is 1.18. The summed E-state index contributed by atoms with van der Waals surface area (Å²) in [5.41, 5.74) is 1.37. The molecule has 132 valence electrons. The molecule has 1 saturated heterocycles. The van der Waals surface area contributed by atoms with E-state index in [-0.39, 0.29) is 0 Å². The summed E-state index contributed by atoms with van der Waals surface area (Å²) in [4.78, 5) is 5.84. The van der Waals surface area contributed by atoms with Crippen molar-refractivity contribution in [1.29, 1.82) is 0 Å². The molecular weight excluding hydrogens is 350 g/mol. The highest BCUT2D eigenvalue weighted by atomic mass is 32.2. The van der Waals surface area contributed by atoms with Crippen LogP contribution >= 0.6 is 23.7 Å². The second-order valence-electron chi connectivity index (χ2n) is 7.36. The van der Waals surface area contributed by atoms with Gasteiger partial charge in [0.2, 0.25) is 0 Å². The maximum Gasteiger partial charge on any atom is 0.167 e. The van der Waals surface area contributed by atoms with Crippen LogP contribution in [0.2, 0.25) is 0 Å². The number of aryl methyl sites for hydroxylation is 1. The molecule has 0 spiro atoms. The minimum Gasteiger partial charge on any atom is -0.493 e. The molecule has 25 heavy (non-hydrogen) atoms. The Morgan fingerprint density at radius 3 is 2.80 bits per heavy atom. The molecule has 0 amide bonds. The zero-order chi connectivity index (χ0) is 16.8. The molecule has 3 aliphatic rings. The molecule has 1 aromatic heterocycles. The number of aromatic nitrogens is 2. The molecule has 1 saturated carbocycles. The molecule has 5 rings (SSSR count). The molecule has 0 radical (unpaired) electrons. The molecule has 3 heterocycles. The molecule has 3 atom stereocenters. The third-order valence-electron chi connectivity index (χ3n) is 5.62. The second kappa shape index (κ2) is 6.56. The maximum absolute atomic E-state index is 5.62. The van der Waals surface area contributed by atoms with Crippen LogP contribution in [0.5, 0.6) is 5.75 Å². The summed E-state index contributed by atoms with van der Waals surface area (Å²) in [6.07, 6.45) is 7.66. The summed E-state index contributed by atoms with van der Waals surface area (Å²) in [7, 11) is 2.09. The molecule has 2 aliphatic heterocycles. The zero-order valence-electron chi connectivity index (χ0n) is 14.4. The molecule has 0 N–H and O–H groups in total. The second-order valence-corrected chi connectivity index (χ2v) is 9.80. The van der Waals surface area contributed by atoms with E-state index in [0.29, 0.717) is 0 Å². The third-order valence-corrected chi connectivity index (χ3v) is 7.96. The highest BCUT2D eigenvalue weighted by Crippen LogP contribution is 2.47. The smallest absolute Gasteiger partial charge is 0.167 e. The van der Waals surface area contributed by atoms with Gasteiger partial charge in [0, 0.05) is 49.1 Å². The van der Waals surface area contributed by atoms with E-state index in [2.05, 4.69) is 39.1 Å². The van der Waals surface area contributed by atoms with E-state index in [4.69, 9.17) is 4.74 Å². The van der Waals surface area contributed by atoms with Crippen molar-refractivity contribution >= 4 is 23.7 Å². The van der Waals surface area contributed by atoms with Gasteiger partial charge in [-0.1, -0.05) is 11.8 Å². The Morgan fingerprint density at radius 2 is 2.04 bits per heavy atom. The summed E-state index contributed by atoms with van der Waals surface area (Å²) in [6.45, 7) is 3.29. The molecule has 0 bridgehead atoms. The van der Waals surface area contributed by atoms with Crippen molar-refractivity contribution in [1.82, 2.24) is 13.9 Å². The quantitative estimate of drug-likeness (QED) is 0.760. The van der Waals surface area contributed by atoms with Gasteiger partial charge >= 0.3 is 0 Å². The van der Waals surface area contributed by atoms with Crippen LogP contribution in [0.1, 0.15) is 18.4 Å². The van der Waals surface area contributed by atoms with Gasteiger partial charge in [0.25, 0.3) is 0 Å². The Bertz CT molecular complexity index is 764. The first-order chi connectivity index (χ1) is 12.2. The lowest BCUT2D eigenvalue weighted by atomic mass is 10.0. The van der Waals surface area contributed by atoms with E-state index < -0.39 is 0 Å². The molecule has 1 aliphatic carbocycles. The zero-order valence-corrected chi connectivity index (χ0v) is 16.1. The number of thioether (sulfide) groups is 1. The van der Waals surface area contributed by atoms with Crippen LogP contribution in [-0.2, 0) is 13.5 Å². The van der Waals surface area contributed by atoms with Crippen molar-refractivity contribution in [2.75, 3.05) is 19.7 Å². The van der Waals surface area contributed by atoms with Crippen LogP contribution in [0.25, 0.3) is 0 Å². The molecule has 1 unspecified atom stereocenters. The minimum atomic E-state index is 0.736. The van der Waals surface area contributed by atoms with Crippen LogP contribution in [0.3, 0.4) is 0 Å². The highest BCUT2D eigenvalue weighted by Gasteiger charge is 2.41. The van der Waals surface area contributed by atoms with Gasteiger partial charge in [-0.25, -0.2) is 9.29 Å². The van der Waals surface area contributed by atoms with Crippen molar-refractivity contribution < 1.29 is 4.74 Å². The van der Waals surface area contributed by atoms with E-state index in [1.165, 1.54) is 36.4 Å². The van der Waals surface area contributed by atoms with Crippen LogP contribution in [0, 0.1) is 11.8 Å². The summed E-state index contributed by atoms with van der Waals surface area (Å²) >= 11 is 3.91. The number of ether oxygens (including phenoxy) is 1. The maximum atomic E-state index is 5.62. The fourth-order valence-corrected chi connectivity index (χ4v) is 6.84. The molecule has 1 aromatic carbocycles. The standard InChI is InChI=1S/C19H23N3OS2/c1-21-6-5-20-19(21)24-17-9-14-11-22(12-15(14)10-17)25-16-2-3-18-13(8-16)4-7-23-18/h2-3,5-6,8,14-15,17H,4,7,9-12H2,1H3/t14-,15+,17?. The lowest BCUT2D eigenvalue weighted by molar-refractivity contribution is 0.356. The number of hydrogen-bond acceptors (Lipinski definition) is 5. The van der Waals surface area contributed by atoms with E-state index in [0.717, 1.165) is 41.0 Å². The number of benzene rings is 1. The minimum absolute atomic E-state index is 0.736. The van der Waals surface area contributed by atoms with Crippen molar-refractivity contribution in [3.63, 3.8) is 0 Å². The first-order valence-electron chi connectivity index (χ1n) is 9.07. The van der Waals surface area contributed by atoms with Gasteiger partial charge in [-0.15, -0.1) is 0 Å². The average molecular weight is 374 g/mol. The topological polar surface area (TPSA) is 30.3 Å². The van der Waals surface area contributed by atoms with Crippen molar-refractivity contribution in [3.05, 3.63) is 36.2 Å². The number of hydrogen-bond donors (Lipinski definition) is 0. The lowest BCUT2D eigenvalue weighted by Crippen LogP contribution is -2.15. The van der Waals surface area contributed by atoms with Crippen molar-refractivity contribution in [3.8, 4) is 5.75 Å². The summed E-state index contributed by atoms with van der Waals surface area (Å²) < 4.78 is 10.3. The molecule has 6 heteroatoms. The fourth-order valence-electron chi connectivity index (χ4n) is 4.36. The van der Waals surface area contributed by atoms with E-state index in [1.807, 2.05) is 36.1 Å². The lowest BCUT2D eigenvalue weighted by Gasteiger charge is -2.18. The van der Waals surface area contributed by atoms with Crippen LogP contribution in [0.15, 0.2) is 40.6 Å². The molecule has 2 fully saturated rings. The Labute approximate surface area is 157 Å². The molecule has 2 aromatic rings. The summed E-state index contributed by atoms with van der Waals surface area (Å²) in [6, 6.07) is 6.67. The fraction of sp³-hybridized carbons (Fsp3) is 0.526. The number of fused-ring (bicyclic) bond motifs is 2. The average Bonchev–Trinajstić information content (AvgIpc) is 3.33. The van der Waals surface area contributed by atoms with Gasteiger partial charge in [-0.3, -0.25) is 0 Å². The van der Waals surface area contributed by atoms with Crippen LogP contribution < -0.4 is 4.74 Å². The highest BCUT2D eigenvalue weighted by molar-refractivity contribution is 7.99. The number of imidazole rings is 1. The van der Waals surface area contributed by atoms with Crippen molar-refractivity contribution in [2.45, 2.75) is 34.6 Å². The number of rotatable bonds is 4. The van der Waals surface area contributed by atoms with E-state index >= 15 is 0 Å². The third kappa shape index (κ3) is 3.20. The van der Waals surface area contributed by atoms with Crippen molar-refractivity contribution in [2.24, 2.45) is 18.9 Å². The molecular formula is C19H23N3OS2. The van der Waals surface area contributed by atoms with Gasteiger partial charge in [0.05, 0.1) is 6.61 Å². The molecule has 4 nitrogen and oxygen atoms in total. The first kappa shape index (κ1) is 16.1. The largest absolute Gasteiger partial charge is 0.493 e. The monoisotopic (exact) mass is 373 g/mol.